The molecule has 3 aromatic rings. The molecule has 1 fully saturated rings. The molecule has 2 heterocycles. The summed E-state index contributed by atoms with van der Waals surface area (Å²) in [6.45, 7) is 0.206. The topological polar surface area (TPSA) is 77.4 Å². The SMILES string of the molecule is CNCCC(F)(F)c1cc(-c2ccnc3[nH]ncc23)cc(C2(C#N)CC2)c1. The van der Waals surface area contributed by atoms with E-state index < -0.39 is 11.3 Å². The Morgan fingerprint density at radius 2 is 2.15 bits per heavy atom. The van der Waals surface area contributed by atoms with E-state index in [1.807, 2.05) is 6.07 Å². The van der Waals surface area contributed by atoms with Gasteiger partial charge in [-0.25, -0.2) is 13.8 Å². The molecule has 0 saturated heterocycles. The van der Waals surface area contributed by atoms with Crippen LogP contribution in [0.3, 0.4) is 0 Å². The fourth-order valence-corrected chi connectivity index (χ4v) is 3.39. The molecule has 1 aliphatic carbocycles. The number of alkyl halides is 2. The monoisotopic (exact) mass is 367 g/mol. The van der Waals surface area contributed by atoms with Crippen LogP contribution < -0.4 is 5.32 Å². The summed E-state index contributed by atoms with van der Waals surface area (Å²) >= 11 is 0. The highest BCUT2D eigenvalue weighted by Gasteiger charge is 2.46. The van der Waals surface area contributed by atoms with E-state index in [0.717, 1.165) is 10.9 Å². The molecule has 0 bridgehead atoms. The number of nitriles is 1. The molecule has 7 heteroatoms. The number of fused-ring (bicyclic) bond motifs is 1. The van der Waals surface area contributed by atoms with Crippen molar-refractivity contribution >= 4 is 11.0 Å². The maximum Gasteiger partial charge on any atom is 0.274 e. The van der Waals surface area contributed by atoms with Crippen LogP contribution in [-0.4, -0.2) is 28.8 Å². The third kappa shape index (κ3) is 3.06. The van der Waals surface area contributed by atoms with Gasteiger partial charge < -0.3 is 5.32 Å². The van der Waals surface area contributed by atoms with E-state index >= 15 is 0 Å². The van der Waals surface area contributed by atoms with Crippen molar-refractivity contribution in [2.24, 2.45) is 0 Å². The quantitative estimate of drug-likeness (QED) is 0.693. The normalized spacial score (nSPS) is 15.6. The molecule has 2 N–H and O–H groups in total. The Balaban J connectivity index is 1.89. The minimum absolute atomic E-state index is 0.0553. The summed E-state index contributed by atoms with van der Waals surface area (Å²) in [5.74, 6) is -2.98. The maximum absolute atomic E-state index is 14.8. The van der Waals surface area contributed by atoms with Crippen molar-refractivity contribution in [3.8, 4) is 17.2 Å². The van der Waals surface area contributed by atoms with Crippen LogP contribution in [0.1, 0.15) is 30.4 Å². The second-order valence-corrected chi connectivity index (χ2v) is 7.04. The second kappa shape index (κ2) is 6.39. The Hall–Kier alpha value is -2.85. The lowest BCUT2D eigenvalue weighted by Gasteiger charge is -2.20. The molecule has 0 spiro atoms. The Kier molecular flexibility index (Phi) is 4.16. The lowest BCUT2D eigenvalue weighted by Crippen LogP contribution is -2.21. The van der Waals surface area contributed by atoms with Gasteiger partial charge in [0.15, 0.2) is 5.65 Å². The number of rotatable bonds is 6. The number of hydrogen-bond acceptors (Lipinski definition) is 4. The number of H-pyrrole nitrogens is 1. The zero-order chi connectivity index (χ0) is 19.1. The maximum atomic E-state index is 14.8. The molecule has 2 aromatic heterocycles. The first-order chi connectivity index (χ1) is 13.0. The van der Waals surface area contributed by atoms with Gasteiger partial charge in [-0.2, -0.15) is 10.4 Å². The Bertz CT molecular complexity index is 1030. The van der Waals surface area contributed by atoms with Gasteiger partial charge in [0.05, 0.1) is 17.7 Å². The highest BCUT2D eigenvalue weighted by atomic mass is 19.3. The van der Waals surface area contributed by atoms with Crippen LogP contribution >= 0.6 is 0 Å². The van der Waals surface area contributed by atoms with Gasteiger partial charge >= 0.3 is 0 Å². The van der Waals surface area contributed by atoms with Gasteiger partial charge in [0, 0.05) is 30.1 Å². The number of aromatic amines is 1. The molecular formula is C20H19F2N5. The fourth-order valence-electron chi connectivity index (χ4n) is 3.39. The lowest BCUT2D eigenvalue weighted by molar-refractivity contribution is -0.0124. The molecule has 0 atom stereocenters. The highest BCUT2D eigenvalue weighted by molar-refractivity contribution is 5.92. The van der Waals surface area contributed by atoms with E-state index in [0.29, 0.717) is 29.6 Å². The number of halogens is 2. The molecule has 0 radical (unpaired) electrons. The van der Waals surface area contributed by atoms with Gasteiger partial charge in [0.1, 0.15) is 0 Å². The number of benzene rings is 1. The summed E-state index contributed by atoms with van der Waals surface area (Å²) < 4.78 is 29.7. The Morgan fingerprint density at radius 3 is 2.85 bits per heavy atom. The van der Waals surface area contributed by atoms with Crippen molar-refractivity contribution in [2.45, 2.75) is 30.6 Å². The summed E-state index contributed by atoms with van der Waals surface area (Å²) in [7, 11) is 1.65. The van der Waals surface area contributed by atoms with Crippen LogP contribution in [0.2, 0.25) is 0 Å². The first-order valence-electron chi connectivity index (χ1n) is 8.87. The number of aromatic nitrogens is 3. The minimum Gasteiger partial charge on any atom is -0.320 e. The summed E-state index contributed by atoms with van der Waals surface area (Å²) in [6.07, 6.45) is 4.36. The van der Waals surface area contributed by atoms with Crippen molar-refractivity contribution < 1.29 is 8.78 Å². The summed E-state index contributed by atoms with van der Waals surface area (Å²) in [5, 5.41) is 19.9. The minimum atomic E-state index is -2.98. The fraction of sp³-hybridized carbons (Fsp3) is 0.350. The van der Waals surface area contributed by atoms with Gasteiger partial charge in [-0.15, -0.1) is 0 Å². The van der Waals surface area contributed by atoms with Gasteiger partial charge in [-0.3, -0.25) is 5.10 Å². The smallest absolute Gasteiger partial charge is 0.274 e. The average molecular weight is 367 g/mol. The van der Waals surface area contributed by atoms with Crippen molar-refractivity contribution in [3.05, 3.63) is 47.8 Å². The van der Waals surface area contributed by atoms with Gasteiger partial charge in [-0.1, -0.05) is 0 Å². The standard InChI is InChI=1S/C20H19F2N5/c1-24-7-5-20(21,22)15-9-13(8-14(10-15)19(12-23)3-4-19)16-2-6-25-18-17(16)11-26-27-18/h2,6,8-11,24H,3-5,7H2,1H3,(H,25,26,27). The van der Waals surface area contributed by atoms with Crippen molar-refractivity contribution in [3.63, 3.8) is 0 Å². The average Bonchev–Trinajstić information content (AvgIpc) is 3.34. The van der Waals surface area contributed by atoms with E-state index in [9.17, 15) is 14.0 Å². The van der Waals surface area contributed by atoms with Gasteiger partial charge in [0.2, 0.25) is 0 Å². The zero-order valence-corrected chi connectivity index (χ0v) is 14.9. The van der Waals surface area contributed by atoms with Crippen LogP contribution in [0.25, 0.3) is 22.2 Å². The van der Waals surface area contributed by atoms with Gasteiger partial charge in [-0.05, 0) is 60.8 Å². The predicted octanol–water partition coefficient (Wildman–Crippen LogP) is 3.88. The van der Waals surface area contributed by atoms with E-state index in [1.165, 1.54) is 12.1 Å². The predicted molar refractivity (Wildman–Crippen MR) is 98.3 cm³/mol. The molecule has 0 aliphatic heterocycles. The van der Waals surface area contributed by atoms with Crippen molar-refractivity contribution in [1.29, 1.82) is 5.26 Å². The van der Waals surface area contributed by atoms with E-state index in [4.69, 9.17) is 0 Å². The zero-order valence-electron chi connectivity index (χ0n) is 14.9. The van der Waals surface area contributed by atoms with Gasteiger partial charge in [0.25, 0.3) is 5.92 Å². The van der Waals surface area contributed by atoms with Crippen molar-refractivity contribution in [1.82, 2.24) is 20.5 Å². The summed E-state index contributed by atoms with van der Waals surface area (Å²) in [6, 6.07) is 8.99. The Morgan fingerprint density at radius 1 is 1.33 bits per heavy atom. The first kappa shape index (κ1) is 17.6. The van der Waals surface area contributed by atoms with Crippen LogP contribution in [-0.2, 0) is 11.3 Å². The summed E-state index contributed by atoms with van der Waals surface area (Å²) in [5.41, 5.74) is 1.99. The molecule has 138 valence electrons. The largest absolute Gasteiger partial charge is 0.320 e. The first-order valence-corrected chi connectivity index (χ1v) is 8.87. The van der Waals surface area contributed by atoms with E-state index in [1.54, 1.807) is 25.5 Å². The molecule has 1 saturated carbocycles. The number of pyridine rings is 1. The highest BCUT2D eigenvalue weighted by Crippen LogP contribution is 2.50. The summed E-state index contributed by atoms with van der Waals surface area (Å²) in [4.78, 5) is 4.21. The number of nitrogens with zero attached hydrogens (tertiary/aromatic N) is 3. The molecule has 1 aromatic carbocycles. The molecule has 27 heavy (non-hydrogen) atoms. The van der Waals surface area contributed by atoms with Crippen LogP contribution in [0.15, 0.2) is 36.7 Å². The van der Waals surface area contributed by atoms with Crippen molar-refractivity contribution in [2.75, 3.05) is 13.6 Å². The third-order valence-electron chi connectivity index (χ3n) is 5.23. The molecule has 5 nitrogen and oxygen atoms in total. The number of nitrogens with one attached hydrogen (secondary N) is 2. The van der Waals surface area contributed by atoms with Crippen LogP contribution in [0.5, 0.6) is 0 Å². The molecular weight excluding hydrogens is 348 g/mol. The second-order valence-electron chi connectivity index (χ2n) is 7.04. The molecule has 1 aliphatic rings. The molecule has 0 unspecified atom stereocenters. The lowest BCUT2D eigenvalue weighted by atomic mass is 9.89. The van der Waals surface area contributed by atoms with Crippen LogP contribution in [0.4, 0.5) is 8.78 Å². The van der Waals surface area contributed by atoms with Crippen LogP contribution in [0, 0.1) is 11.3 Å². The molecule has 0 amide bonds. The third-order valence-corrected chi connectivity index (χ3v) is 5.23. The number of hydrogen-bond donors (Lipinski definition) is 2. The Labute approximate surface area is 155 Å². The van der Waals surface area contributed by atoms with E-state index in [2.05, 4.69) is 26.6 Å². The molecule has 4 rings (SSSR count). The van der Waals surface area contributed by atoms with E-state index in [-0.39, 0.29) is 18.5 Å².